The van der Waals surface area contributed by atoms with Gasteiger partial charge in [-0.05, 0) is 55.4 Å². The fourth-order valence-corrected chi connectivity index (χ4v) is 4.37. The van der Waals surface area contributed by atoms with Crippen molar-refractivity contribution in [3.63, 3.8) is 0 Å². The molecule has 1 aliphatic heterocycles. The van der Waals surface area contributed by atoms with Crippen LogP contribution in [0.15, 0.2) is 30.9 Å². The molecule has 130 valence electrons. The average molecular weight is 340 g/mol. The normalized spacial score (nSPS) is 25.2. The highest BCUT2D eigenvalue weighted by Crippen LogP contribution is 2.42. The lowest BCUT2D eigenvalue weighted by Crippen LogP contribution is -2.43. The summed E-state index contributed by atoms with van der Waals surface area (Å²) in [5.74, 6) is -0.675. The molecule has 1 N–H and O–H groups in total. The van der Waals surface area contributed by atoms with Gasteiger partial charge in [-0.1, -0.05) is 6.42 Å². The first kappa shape index (κ1) is 15.8. The van der Waals surface area contributed by atoms with Crippen LogP contribution >= 0.6 is 0 Å². The molecule has 0 bridgehead atoms. The molecule has 2 aromatic rings. The van der Waals surface area contributed by atoms with Gasteiger partial charge in [-0.3, -0.25) is 4.79 Å². The van der Waals surface area contributed by atoms with Crippen molar-refractivity contribution < 1.29 is 14.7 Å². The molecule has 1 amide bonds. The first-order valence-corrected chi connectivity index (χ1v) is 8.55. The molecule has 2 aliphatic rings. The molecule has 1 aliphatic carbocycles. The van der Waals surface area contributed by atoms with Gasteiger partial charge in [0.15, 0.2) is 0 Å². The molecule has 2 heterocycles. The Morgan fingerprint density at radius 3 is 2.80 bits per heavy atom. The first-order chi connectivity index (χ1) is 12.1. The highest BCUT2D eigenvalue weighted by molar-refractivity contribution is 5.97. The Labute approximate surface area is 145 Å². The van der Waals surface area contributed by atoms with Crippen LogP contribution in [0.1, 0.15) is 35.2 Å². The van der Waals surface area contributed by atoms with Crippen molar-refractivity contribution in [2.45, 2.75) is 32.2 Å². The van der Waals surface area contributed by atoms with Crippen molar-refractivity contribution in [2.24, 2.45) is 11.8 Å². The maximum atomic E-state index is 13.0. The van der Waals surface area contributed by atoms with Crippen molar-refractivity contribution in [2.75, 3.05) is 6.54 Å². The van der Waals surface area contributed by atoms with Gasteiger partial charge in [-0.25, -0.2) is 14.5 Å². The number of carbonyl (C=O) groups is 2. The molecule has 2 fully saturated rings. The number of carboxylic acids is 1. The smallest absolute Gasteiger partial charge is 0.326 e. The molecule has 0 unspecified atom stereocenters. The van der Waals surface area contributed by atoms with Crippen molar-refractivity contribution in [1.29, 1.82) is 0 Å². The van der Waals surface area contributed by atoms with E-state index in [9.17, 15) is 14.7 Å². The van der Waals surface area contributed by atoms with E-state index in [1.165, 1.54) is 6.33 Å². The van der Waals surface area contributed by atoms with Crippen molar-refractivity contribution in [3.8, 4) is 5.69 Å². The number of benzene rings is 1. The Morgan fingerprint density at radius 1 is 1.28 bits per heavy atom. The van der Waals surface area contributed by atoms with Crippen LogP contribution in [-0.2, 0) is 4.79 Å². The highest BCUT2D eigenvalue weighted by Gasteiger charge is 2.49. The SMILES string of the molecule is Cc1cc(C(=O)N2C[C@@H]3CCC[C@H]3[C@@H]2C(=O)O)ccc1-n1cncn1. The quantitative estimate of drug-likeness (QED) is 0.922. The van der Waals surface area contributed by atoms with E-state index in [2.05, 4.69) is 10.1 Å². The number of amides is 1. The van der Waals surface area contributed by atoms with Crippen LogP contribution in [0, 0.1) is 18.8 Å². The summed E-state index contributed by atoms with van der Waals surface area (Å²) in [6.45, 7) is 2.45. The van der Waals surface area contributed by atoms with E-state index in [4.69, 9.17) is 0 Å². The Hall–Kier alpha value is -2.70. The van der Waals surface area contributed by atoms with Gasteiger partial charge in [-0.15, -0.1) is 0 Å². The lowest BCUT2D eigenvalue weighted by atomic mass is 9.94. The molecule has 3 atom stereocenters. The number of carbonyl (C=O) groups excluding carboxylic acids is 1. The number of rotatable bonds is 3. The van der Waals surface area contributed by atoms with Crippen molar-refractivity contribution in [1.82, 2.24) is 19.7 Å². The van der Waals surface area contributed by atoms with Crippen molar-refractivity contribution >= 4 is 11.9 Å². The second-order valence-corrected chi connectivity index (χ2v) is 6.94. The zero-order valence-electron chi connectivity index (χ0n) is 14.0. The van der Waals surface area contributed by atoms with Gasteiger partial charge in [0.1, 0.15) is 18.7 Å². The molecule has 1 aromatic heterocycles. The molecule has 1 saturated carbocycles. The maximum Gasteiger partial charge on any atom is 0.326 e. The third kappa shape index (κ3) is 2.59. The number of aryl methyl sites for hydroxylation is 1. The Bertz CT molecular complexity index is 818. The molecule has 4 rings (SSSR count). The third-order valence-electron chi connectivity index (χ3n) is 5.51. The minimum atomic E-state index is -0.890. The van der Waals surface area contributed by atoms with Gasteiger partial charge >= 0.3 is 5.97 Å². The molecule has 7 heteroatoms. The zero-order valence-corrected chi connectivity index (χ0v) is 14.0. The fourth-order valence-electron chi connectivity index (χ4n) is 4.37. The van der Waals surface area contributed by atoms with Gasteiger partial charge < -0.3 is 10.0 Å². The monoisotopic (exact) mass is 340 g/mol. The highest BCUT2D eigenvalue weighted by atomic mass is 16.4. The number of hydrogen-bond acceptors (Lipinski definition) is 4. The van der Waals surface area contributed by atoms with E-state index in [0.717, 1.165) is 30.5 Å². The third-order valence-corrected chi connectivity index (χ3v) is 5.51. The fraction of sp³-hybridized carbons (Fsp3) is 0.444. The average Bonchev–Trinajstić information content (AvgIpc) is 3.30. The summed E-state index contributed by atoms with van der Waals surface area (Å²) < 4.78 is 1.64. The standard InChI is InChI=1S/C18H20N4O3/c1-11-7-12(5-6-15(11)22-10-19-9-20-22)17(23)21-8-13-3-2-4-14(13)16(21)18(24)25/h5-7,9-10,13-14,16H,2-4,8H2,1H3,(H,24,25)/t13-,14+,16+/m0/s1. The summed E-state index contributed by atoms with van der Waals surface area (Å²) >= 11 is 0. The van der Waals surface area contributed by atoms with E-state index in [1.54, 1.807) is 28.0 Å². The predicted octanol–water partition coefficient (Wildman–Crippen LogP) is 1.90. The van der Waals surface area contributed by atoms with E-state index in [-0.39, 0.29) is 11.8 Å². The molecule has 0 radical (unpaired) electrons. The van der Waals surface area contributed by atoms with Gasteiger partial charge in [0.25, 0.3) is 5.91 Å². The number of fused-ring (bicyclic) bond motifs is 1. The van der Waals surface area contributed by atoms with Crippen LogP contribution in [0.4, 0.5) is 0 Å². The predicted molar refractivity (Wildman–Crippen MR) is 89.4 cm³/mol. The molecule has 1 saturated heterocycles. The second kappa shape index (κ2) is 5.98. The van der Waals surface area contributed by atoms with Crippen LogP contribution in [-0.4, -0.2) is 49.2 Å². The number of aliphatic carboxylic acids is 1. The summed E-state index contributed by atoms with van der Waals surface area (Å²) in [6.07, 6.45) is 6.04. The number of nitrogens with zero attached hydrogens (tertiary/aromatic N) is 4. The lowest BCUT2D eigenvalue weighted by molar-refractivity contribution is -0.142. The minimum absolute atomic E-state index is 0.0944. The van der Waals surface area contributed by atoms with E-state index in [0.29, 0.717) is 18.0 Å². The molecule has 25 heavy (non-hydrogen) atoms. The number of hydrogen-bond donors (Lipinski definition) is 1. The van der Waals surface area contributed by atoms with E-state index >= 15 is 0 Å². The lowest BCUT2D eigenvalue weighted by Gasteiger charge is -2.24. The maximum absolute atomic E-state index is 13.0. The molecule has 0 spiro atoms. The summed E-state index contributed by atoms with van der Waals surface area (Å²) in [5, 5.41) is 13.7. The number of carboxylic acid groups (broad SMARTS) is 1. The number of likely N-dealkylation sites (tertiary alicyclic amines) is 1. The summed E-state index contributed by atoms with van der Waals surface area (Å²) in [6, 6.07) is 4.66. The molecular weight excluding hydrogens is 320 g/mol. The van der Waals surface area contributed by atoms with Crippen LogP contribution in [0.5, 0.6) is 0 Å². The van der Waals surface area contributed by atoms with Crippen molar-refractivity contribution in [3.05, 3.63) is 42.0 Å². The van der Waals surface area contributed by atoms with Gasteiger partial charge in [0.2, 0.25) is 0 Å². The molecule has 7 nitrogen and oxygen atoms in total. The summed E-state index contributed by atoms with van der Waals surface area (Å²) in [7, 11) is 0. The molecule has 1 aromatic carbocycles. The van der Waals surface area contributed by atoms with Crippen LogP contribution in [0.3, 0.4) is 0 Å². The second-order valence-electron chi connectivity index (χ2n) is 6.94. The largest absolute Gasteiger partial charge is 0.480 e. The number of aromatic nitrogens is 3. The van der Waals surface area contributed by atoms with Crippen LogP contribution < -0.4 is 0 Å². The molecular formula is C18H20N4O3. The van der Waals surface area contributed by atoms with Gasteiger partial charge in [-0.2, -0.15) is 5.10 Å². The van der Waals surface area contributed by atoms with E-state index in [1.807, 2.05) is 13.0 Å². The van der Waals surface area contributed by atoms with Crippen LogP contribution in [0.25, 0.3) is 5.69 Å². The first-order valence-electron chi connectivity index (χ1n) is 8.55. The zero-order chi connectivity index (χ0) is 17.6. The van der Waals surface area contributed by atoms with Crippen LogP contribution in [0.2, 0.25) is 0 Å². The summed E-state index contributed by atoms with van der Waals surface area (Å²) in [5.41, 5.74) is 2.26. The Kier molecular flexibility index (Phi) is 3.78. The van der Waals surface area contributed by atoms with E-state index < -0.39 is 12.0 Å². The Balaban J connectivity index is 1.62. The van der Waals surface area contributed by atoms with Gasteiger partial charge in [0.05, 0.1) is 5.69 Å². The van der Waals surface area contributed by atoms with Gasteiger partial charge in [0, 0.05) is 12.1 Å². The topological polar surface area (TPSA) is 88.3 Å². The Morgan fingerprint density at radius 2 is 2.12 bits per heavy atom. The summed E-state index contributed by atoms with van der Waals surface area (Å²) in [4.78, 5) is 30.2. The minimum Gasteiger partial charge on any atom is -0.480 e.